The molecule has 3 heterocycles. The first-order chi connectivity index (χ1) is 10.1. The molecule has 3 aliphatic heterocycles. The number of carbonyl (C=O) groups excluding carboxylic acids is 2. The van der Waals surface area contributed by atoms with E-state index in [2.05, 4.69) is 15.1 Å². The van der Waals surface area contributed by atoms with Crippen LogP contribution in [0.3, 0.4) is 0 Å². The van der Waals surface area contributed by atoms with E-state index in [0.29, 0.717) is 18.6 Å². The zero-order valence-electron chi connectivity index (χ0n) is 12.5. The summed E-state index contributed by atoms with van der Waals surface area (Å²) in [6.07, 6.45) is 3.37. The van der Waals surface area contributed by atoms with Gasteiger partial charge in [0.2, 0.25) is 5.91 Å². The van der Waals surface area contributed by atoms with Gasteiger partial charge in [0.1, 0.15) is 0 Å². The lowest BCUT2D eigenvalue weighted by molar-refractivity contribution is -0.125. The zero-order valence-corrected chi connectivity index (χ0v) is 12.5. The van der Waals surface area contributed by atoms with Crippen molar-refractivity contribution in [2.24, 2.45) is 5.73 Å². The first-order valence-corrected chi connectivity index (χ1v) is 7.93. The fraction of sp³-hybridized carbons (Fsp3) is 0.857. The number of hydrogen-bond acceptors (Lipinski definition) is 5. The number of likely N-dealkylation sites (tertiary alicyclic amines) is 2. The number of nitrogens with one attached hydrogen (secondary N) is 1. The zero-order chi connectivity index (χ0) is 14.8. The lowest BCUT2D eigenvalue weighted by Gasteiger charge is -2.34. The van der Waals surface area contributed by atoms with E-state index in [1.165, 1.54) is 11.3 Å². The van der Waals surface area contributed by atoms with Crippen molar-refractivity contribution in [2.45, 2.75) is 31.3 Å². The molecule has 3 saturated heterocycles. The highest BCUT2D eigenvalue weighted by Crippen LogP contribution is 2.19. The van der Waals surface area contributed by atoms with Crippen molar-refractivity contribution in [1.29, 1.82) is 0 Å². The molecule has 0 radical (unpaired) electrons. The van der Waals surface area contributed by atoms with E-state index in [9.17, 15) is 9.59 Å². The molecule has 7 heteroatoms. The van der Waals surface area contributed by atoms with Crippen LogP contribution in [0.2, 0.25) is 0 Å². The van der Waals surface area contributed by atoms with Gasteiger partial charge in [0.25, 0.3) is 0 Å². The first-order valence-electron chi connectivity index (χ1n) is 7.93. The molecule has 0 aromatic rings. The molecule has 0 bridgehead atoms. The second-order valence-corrected chi connectivity index (χ2v) is 6.32. The van der Waals surface area contributed by atoms with Crippen LogP contribution in [-0.4, -0.2) is 84.5 Å². The molecule has 0 aromatic carbocycles. The SMILES string of the molecule is NC1CCN(C2CCN(CCN3C(=O)CNC3=O)C2)CC1. The number of urea groups is 1. The normalized spacial score (nSPS) is 29.4. The third kappa shape index (κ3) is 3.36. The largest absolute Gasteiger partial charge is 0.329 e. The van der Waals surface area contributed by atoms with Crippen LogP contribution in [0.4, 0.5) is 4.79 Å². The van der Waals surface area contributed by atoms with E-state index in [4.69, 9.17) is 5.73 Å². The van der Waals surface area contributed by atoms with E-state index in [-0.39, 0.29) is 18.5 Å². The smallest absolute Gasteiger partial charge is 0.324 e. The third-order valence-electron chi connectivity index (χ3n) is 4.91. The van der Waals surface area contributed by atoms with Gasteiger partial charge in [-0.2, -0.15) is 0 Å². The molecule has 0 spiro atoms. The van der Waals surface area contributed by atoms with Crippen LogP contribution in [0, 0.1) is 0 Å². The highest BCUT2D eigenvalue weighted by atomic mass is 16.2. The number of piperidine rings is 1. The van der Waals surface area contributed by atoms with Gasteiger partial charge in [0.15, 0.2) is 0 Å². The summed E-state index contributed by atoms with van der Waals surface area (Å²) in [5.41, 5.74) is 5.95. The number of carbonyl (C=O) groups is 2. The molecule has 1 unspecified atom stereocenters. The summed E-state index contributed by atoms with van der Waals surface area (Å²) >= 11 is 0. The quantitative estimate of drug-likeness (QED) is 0.653. The first kappa shape index (κ1) is 14.7. The van der Waals surface area contributed by atoms with Crippen molar-refractivity contribution in [3.63, 3.8) is 0 Å². The van der Waals surface area contributed by atoms with Gasteiger partial charge in [0, 0.05) is 31.7 Å². The Hall–Kier alpha value is -1.18. The molecular weight excluding hydrogens is 270 g/mol. The monoisotopic (exact) mass is 295 g/mol. The Kier molecular flexibility index (Phi) is 4.42. The van der Waals surface area contributed by atoms with Crippen LogP contribution in [0.15, 0.2) is 0 Å². The van der Waals surface area contributed by atoms with Crippen LogP contribution in [-0.2, 0) is 4.79 Å². The second-order valence-electron chi connectivity index (χ2n) is 6.32. The number of amides is 3. The number of hydrogen-bond donors (Lipinski definition) is 2. The molecule has 0 saturated carbocycles. The van der Waals surface area contributed by atoms with Crippen molar-refractivity contribution in [1.82, 2.24) is 20.0 Å². The van der Waals surface area contributed by atoms with Gasteiger partial charge < -0.3 is 11.1 Å². The van der Waals surface area contributed by atoms with Crippen LogP contribution in [0.1, 0.15) is 19.3 Å². The standard InChI is InChI=1S/C14H25N5O2/c15-11-1-5-18(6-2-11)12-3-4-17(10-12)7-8-19-13(20)9-16-14(19)21/h11-12H,1-10,15H2,(H,16,21). The summed E-state index contributed by atoms with van der Waals surface area (Å²) in [6, 6.07) is 0.736. The number of nitrogens with two attached hydrogens (primary N) is 1. The van der Waals surface area contributed by atoms with Crippen LogP contribution in [0.5, 0.6) is 0 Å². The van der Waals surface area contributed by atoms with Gasteiger partial charge in [-0.25, -0.2) is 4.79 Å². The van der Waals surface area contributed by atoms with Crippen molar-refractivity contribution >= 4 is 11.9 Å². The van der Waals surface area contributed by atoms with Crippen molar-refractivity contribution in [3.05, 3.63) is 0 Å². The minimum atomic E-state index is -0.249. The highest BCUT2D eigenvalue weighted by molar-refractivity contribution is 6.01. The Morgan fingerprint density at radius 2 is 1.86 bits per heavy atom. The predicted octanol–water partition coefficient (Wildman–Crippen LogP) is -0.964. The maximum Gasteiger partial charge on any atom is 0.324 e. The summed E-state index contributed by atoms with van der Waals surface area (Å²) < 4.78 is 0. The van der Waals surface area contributed by atoms with Gasteiger partial charge in [-0.1, -0.05) is 0 Å². The maximum absolute atomic E-state index is 11.5. The second kappa shape index (κ2) is 6.29. The molecule has 3 N–H and O–H groups in total. The molecule has 3 amide bonds. The molecule has 3 aliphatic rings. The molecule has 1 atom stereocenters. The van der Waals surface area contributed by atoms with E-state index in [1.54, 1.807) is 0 Å². The molecule has 21 heavy (non-hydrogen) atoms. The fourth-order valence-corrected chi connectivity index (χ4v) is 3.52. The van der Waals surface area contributed by atoms with Gasteiger partial charge >= 0.3 is 6.03 Å². The average Bonchev–Trinajstić information content (AvgIpc) is 3.06. The van der Waals surface area contributed by atoms with Gasteiger partial charge in [-0.15, -0.1) is 0 Å². The molecule has 0 aliphatic carbocycles. The van der Waals surface area contributed by atoms with Crippen LogP contribution < -0.4 is 11.1 Å². The van der Waals surface area contributed by atoms with Gasteiger partial charge in [-0.3, -0.25) is 19.5 Å². The molecule has 3 fully saturated rings. The van der Waals surface area contributed by atoms with E-state index >= 15 is 0 Å². The molecular formula is C14H25N5O2. The van der Waals surface area contributed by atoms with Gasteiger partial charge in [-0.05, 0) is 38.9 Å². The van der Waals surface area contributed by atoms with Crippen molar-refractivity contribution < 1.29 is 9.59 Å². The fourth-order valence-electron chi connectivity index (χ4n) is 3.52. The summed E-state index contributed by atoms with van der Waals surface area (Å²) in [7, 11) is 0. The Morgan fingerprint density at radius 3 is 2.52 bits per heavy atom. The third-order valence-corrected chi connectivity index (χ3v) is 4.91. The van der Waals surface area contributed by atoms with Crippen LogP contribution >= 0.6 is 0 Å². The summed E-state index contributed by atoms with van der Waals surface area (Å²) in [5.74, 6) is -0.110. The lowest BCUT2D eigenvalue weighted by Crippen LogP contribution is -2.46. The topological polar surface area (TPSA) is 81.9 Å². The highest BCUT2D eigenvalue weighted by Gasteiger charge is 2.32. The lowest BCUT2D eigenvalue weighted by atomic mass is 10.0. The minimum Gasteiger partial charge on any atom is -0.329 e. The number of imide groups is 1. The number of rotatable bonds is 4. The summed E-state index contributed by atoms with van der Waals surface area (Å²) in [6.45, 7) is 5.73. The summed E-state index contributed by atoms with van der Waals surface area (Å²) in [5, 5.41) is 2.56. The molecule has 118 valence electrons. The molecule has 3 rings (SSSR count). The van der Waals surface area contributed by atoms with Gasteiger partial charge in [0.05, 0.1) is 6.54 Å². The molecule has 7 nitrogen and oxygen atoms in total. The molecule has 0 aromatic heterocycles. The Balaban J connectivity index is 1.42. The summed E-state index contributed by atoms with van der Waals surface area (Å²) in [4.78, 5) is 29.3. The average molecular weight is 295 g/mol. The Bertz CT molecular complexity index is 392. The number of nitrogens with zero attached hydrogens (tertiary/aromatic N) is 3. The maximum atomic E-state index is 11.5. The Morgan fingerprint density at radius 1 is 1.10 bits per heavy atom. The van der Waals surface area contributed by atoms with E-state index in [0.717, 1.165) is 45.6 Å². The Labute approximate surface area is 125 Å². The van der Waals surface area contributed by atoms with Crippen molar-refractivity contribution in [2.75, 3.05) is 45.8 Å². The van der Waals surface area contributed by atoms with E-state index < -0.39 is 0 Å². The minimum absolute atomic E-state index is 0.110. The van der Waals surface area contributed by atoms with Crippen molar-refractivity contribution in [3.8, 4) is 0 Å². The predicted molar refractivity (Wildman–Crippen MR) is 78.7 cm³/mol. The van der Waals surface area contributed by atoms with E-state index in [1.807, 2.05) is 0 Å². The van der Waals surface area contributed by atoms with Crippen LogP contribution in [0.25, 0.3) is 0 Å².